The second kappa shape index (κ2) is 7.79. The third-order valence-corrected chi connectivity index (χ3v) is 3.02. The van der Waals surface area contributed by atoms with Crippen LogP contribution in [0.3, 0.4) is 0 Å². The molecule has 6 heteroatoms. The molecule has 0 aliphatic carbocycles. The number of carbonyl (C=O) groups excluding carboxylic acids is 2. The second-order valence-electron chi connectivity index (χ2n) is 6.06. The van der Waals surface area contributed by atoms with Gasteiger partial charge < -0.3 is 21.1 Å². The molecule has 22 heavy (non-hydrogen) atoms. The van der Waals surface area contributed by atoms with Crippen LogP contribution in [0, 0.1) is 5.41 Å². The lowest BCUT2D eigenvalue weighted by atomic mass is 9.95. The van der Waals surface area contributed by atoms with Crippen molar-refractivity contribution < 1.29 is 14.3 Å². The van der Waals surface area contributed by atoms with Crippen LogP contribution < -0.4 is 21.1 Å². The van der Waals surface area contributed by atoms with Gasteiger partial charge in [-0.05, 0) is 31.2 Å². The number of ether oxygens (including phenoxy) is 1. The van der Waals surface area contributed by atoms with Gasteiger partial charge in [-0.3, -0.25) is 9.59 Å². The summed E-state index contributed by atoms with van der Waals surface area (Å²) in [6, 6.07) is 5.12. The average molecular weight is 307 g/mol. The van der Waals surface area contributed by atoms with Gasteiger partial charge in [0.1, 0.15) is 5.75 Å². The van der Waals surface area contributed by atoms with Gasteiger partial charge in [0, 0.05) is 17.5 Å². The van der Waals surface area contributed by atoms with Crippen LogP contribution in [0.25, 0.3) is 0 Å². The first-order chi connectivity index (χ1) is 10.3. The molecule has 2 amide bonds. The number of benzene rings is 1. The lowest BCUT2D eigenvalue weighted by molar-refractivity contribution is -0.123. The van der Waals surface area contributed by atoms with E-state index < -0.39 is 5.41 Å². The van der Waals surface area contributed by atoms with Gasteiger partial charge in [-0.2, -0.15) is 0 Å². The number of amides is 2. The Morgan fingerprint density at radius 3 is 2.45 bits per heavy atom. The molecular weight excluding hydrogens is 282 g/mol. The Morgan fingerprint density at radius 2 is 1.91 bits per heavy atom. The zero-order chi connectivity index (χ0) is 16.8. The molecule has 1 aromatic carbocycles. The van der Waals surface area contributed by atoms with E-state index in [0.717, 1.165) is 0 Å². The SMILES string of the molecule is COc1ccc(NC(=O)C(C)(C)C)cc1NC(=O)CCCN. The van der Waals surface area contributed by atoms with Crippen molar-refractivity contribution in [2.75, 3.05) is 24.3 Å². The van der Waals surface area contributed by atoms with Gasteiger partial charge in [0.2, 0.25) is 11.8 Å². The summed E-state index contributed by atoms with van der Waals surface area (Å²) in [5.41, 5.74) is 6.03. The summed E-state index contributed by atoms with van der Waals surface area (Å²) >= 11 is 0. The standard InChI is InChI=1S/C16H25N3O3/c1-16(2,3)15(21)18-11-7-8-13(22-4)12(10-11)19-14(20)6-5-9-17/h7-8,10H,5-6,9,17H2,1-4H3,(H,18,21)(H,19,20). The summed E-state index contributed by atoms with van der Waals surface area (Å²) in [7, 11) is 1.53. The third-order valence-electron chi connectivity index (χ3n) is 3.02. The van der Waals surface area contributed by atoms with E-state index in [1.54, 1.807) is 18.2 Å². The van der Waals surface area contributed by atoms with Gasteiger partial charge in [-0.1, -0.05) is 20.8 Å². The lowest BCUT2D eigenvalue weighted by Gasteiger charge is -2.18. The second-order valence-corrected chi connectivity index (χ2v) is 6.06. The molecule has 0 spiro atoms. The number of carbonyl (C=O) groups is 2. The molecule has 1 rings (SSSR count). The topological polar surface area (TPSA) is 93.5 Å². The van der Waals surface area contributed by atoms with Crippen molar-refractivity contribution in [1.82, 2.24) is 0 Å². The molecule has 122 valence electrons. The quantitative estimate of drug-likeness (QED) is 0.752. The van der Waals surface area contributed by atoms with Gasteiger partial charge in [0.25, 0.3) is 0 Å². The Bertz CT molecular complexity index is 536. The van der Waals surface area contributed by atoms with E-state index >= 15 is 0 Å². The number of nitrogens with one attached hydrogen (secondary N) is 2. The van der Waals surface area contributed by atoms with Gasteiger partial charge in [0.15, 0.2) is 0 Å². The highest BCUT2D eigenvalue weighted by molar-refractivity contribution is 5.97. The first-order valence-electron chi connectivity index (χ1n) is 7.27. The Balaban J connectivity index is 2.89. The van der Waals surface area contributed by atoms with E-state index in [1.165, 1.54) is 7.11 Å². The van der Waals surface area contributed by atoms with Gasteiger partial charge >= 0.3 is 0 Å². The first-order valence-corrected chi connectivity index (χ1v) is 7.27. The number of methoxy groups -OCH3 is 1. The molecule has 0 atom stereocenters. The highest BCUT2D eigenvalue weighted by Crippen LogP contribution is 2.29. The van der Waals surface area contributed by atoms with Crippen LogP contribution in [-0.4, -0.2) is 25.5 Å². The molecule has 0 bridgehead atoms. The molecule has 0 saturated heterocycles. The predicted molar refractivity (Wildman–Crippen MR) is 88.0 cm³/mol. The van der Waals surface area contributed by atoms with Crippen LogP contribution >= 0.6 is 0 Å². The normalized spacial score (nSPS) is 11.0. The summed E-state index contributed by atoms with van der Waals surface area (Å²) in [5, 5.41) is 5.60. The molecule has 0 fully saturated rings. The van der Waals surface area contributed by atoms with E-state index in [2.05, 4.69) is 10.6 Å². The number of anilines is 2. The summed E-state index contributed by atoms with van der Waals surface area (Å²) in [6.07, 6.45) is 0.965. The zero-order valence-corrected chi connectivity index (χ0v) is 13.7. The Hall–Kier alpha value is -2.08. The van der Waals surface area contributed by atoms with Crippen LogP contribution in [0.1, 0.15) is 33.6 Å². The van der Waals surface area contributed by atoms with Crippen LogP contribution in [-0.2, 0) is 9.59 Å². The molecule has 0 aromatic heterocycles. The third kappa shape index (κ3) is 5.37. The van der Waals surface area contributed by atoms with Crippen molar-refractivity contribution in [3.05, 3.63) is 18.2 Å². The summed E-state index contributed by atoms with van der Waals surface area (Å²) < 4.78 is 5.23. The van der Waals surface area contributed by atoms with Gasteiger partial charge in [-0.25, -0.2) is 0 Å². The molecule has 0 radical (unpaired) electrons. The molecule has 0 aliphatic rings. The van der Waals surface area contributed by atoms with E-state index in [1.807, 2.05) is 20.8 Å². The summed E-state index contributed by atoms with van der Waals surface area (Å²) in [6.45, 7) is 5.97. The maximum absolute atomic E-state index is 12.0. The van der Waals surface area contributed by atoms with Crippen molar-refractivity contribution in [2.45, 2.75) is 33.6 Å². The van der Waals surface area contributed by atoms with Gasteiger partial charge in [0.05, 0.1) is 12.8 Å². The fourth-order valence-corrected chi connectivity index (χ4v) is 1.68. The van der Waals surface area contributed by atoms with Crippen molar-refractivity contribution in [3.8, 4) is 5.75 Å². The summed E-state index contributed by atoms with van der Waals surface area (Å²) in [4.78, 5) is 23.8. The number of nitrogens with two attached hydrogens (primary N) is 1. The number of rotatable bonds is 6. The van der Waals surface area contributed by atoms with Crippen molar-refractivity contribution in [1.29, 1.82) is 0 Å². The van der Waals surface area contributed by atoms with Crippen LogP contribution in [0.4, 0.5) is 11.4 Å². The summed E-state index contributed by atoms with van der Waals surface area (Å²) in [5.74, 6) is 0.302. The number of hydrogen-bond donors (Lipinski definition) is 3. The highest BCUT2D eigenvalue weighted by atomic mass is 16.5. The Morgan fingerprint density at radius 1 is 1.23 bits per heavy atom. The molecule has 1 aromatic rings. The van der Waals surface area contributed by atoms with Crippen LogP contribution in [0.15, 0.2) is 18.2 Å². The molecule has 6 nitrogen and oxygen atoms in total. The van der Waals surface area contributed by atoms with Crippen LogP contribution in [0.2, 0.25) is 0 Å². The molecule has 4 N–H and O–H groups in total. The highest BCUT2D eigenvalue weighted by Gasteiger charge is 2.21. The fourth-order valence-electron chi connectivity index (χ4n) is 1.68. The zero-order valence-electron chi connectivity index (χ0n) is 13.7. The largest absolute Gasteiger partial charge is 0.495 e. The minimum absolute atomic E-state index is 0.0990. The van der Waals surface area contributed by atoms with Crippen LogP contribution in [0.5, 0.6) is 5.75 Å². The molecule has 0 aliphatic heterocycles. The van der Waals surface area contributed by atoms with E-state index in [0.29, 0.717) is 36.5 Å². The fraction of sp³-hybridized carbons (Fsp3) is 0.500. The van der Waals surface area contributed by atoms with E-state index in [4.69, 9.17) is 10.5 Å². The van der Waals surface area contributed by atoms with Crippen molar-refractivity contribution >= 4 is 23.2 Å². The molecule has 0 heterocycles. The average Bonchev–Trinajstić information content (AvgIpc) is 2.44. The van der Waals surface area contributed by atoms with E-state index in [-0.39, 0.29) is 11.8 Å². The monoisotopic (exact) mass is 307 g/mol. The van der Waals surface area contributed by atoms with Crippen molar-refractivity contribution in [3.63, 3.8) is 0 Å². The molecular formula is C16H25N3O3. The smallest absolute Gasteiger partial charge is 0.229 e. The maximum atomic E-state index is 12.0. The maximum Gasteiger partial charge on any atom is 0.229 e. The van der Waals surface area contributed by atoms with Gasteiger partial charge in [-0.15, -0.1) is 0 Å². The lowest BCUT2D eigenvalue weighted by Crippen LogP contribution is -2.27. The van der Waals surface area contributed by atoms with Crippen molar-refractivity contribution in [2.24, 2.45) is 11.1 Å². The number of hydrogen-bond acceptors (Lipinski definition) is 4. The minimum atomic E-state index is -0.496. The molecule has 0 unspecified atom stereocenters. The Kier molecular flexibility index (Phi) is 6.37. The first kappa shape index (κ1) is 18.0. The minimum Gasteiger partial charge on any atom is -0.495 e. The predicted octanol–water partition coefficient (Wildman–Crippen LogP) is 2.36. The molecule has 0 saturated carbocycles. The Labute approximate surface area is 131 Å². The van der Waals surface area contributed by atoms with E-state index in [9.17, 15) is 9.59 Å².